The Bertz CT molecular complexity index is 351. The van der Waals surface area contributed by atoms with Crippen LogP contribution in [-0.4, -0.2) is 38.3 Å². The highest BCUT2D eigenvalue weighted by molar-refractivity contribution is 5.78. The van der Waals surface area contributed by atoms with Gasteiger partial charge in [0.05, 0.1) is 19.6 Å². The van der Waals surface area contributed by atoms with Crippen LogP contribution < -0.4 is 10.1 Å². The summed E-state index contributed by atoms with van der Waals surface area (Å²) in [5.74, 6) is -0.0482. The normalized spacial score (nSPS) is 11.9. The molecule has 0 saturated carbocycles. The molecule has 0 bridgehead atoms. The van der Waals surface area contributed by atoms with Gasteiger partial charge in [0, 0.05) is 18.8 Å². The number of nitrogens with zero attached hydrogens (tertiary/aromatic N) is 1. The van der Waals surface area contributed by atoms with Gasteiger partial charge in [-0.3, -0.25) is 4.79 Å². The van der Waals surface area contributed by atoms with Crippen molar-refractivity contribution in [2.45, 2.75) is 12.8 Å². The molecule has 94 valence electrons. The number of aromatic nitrogens is 1. The summed E-state index contributed by atoms with van der Waals surface area (Å²) >= 11 is 0. The van der Waals surface area contributed by atoms with Crippen LogP contribution in [0.15, 0.2) is 18.3 Å². The predicted molar refractivity (Wildman–Crippen MR) is 64.1 cm³/mol. The Morgan fingerprint density at radius 1 is 1.53 bits per heavy atom. The van der Waals surface area contributed by atoms with E-state index in [9.17, 15) is 4.79 Å². The molecule has 0 radical (unpaired) electrons. The van der Waals surface area contributed by atoms with Crippen molar-refractivity contribution in [2.24, 2.45) is 0 Å². The van der Waals surface area contributed by atoms with Gasteiger partial charge in [-0.05, 0) is 19.5 Å². The molecule has 1 N–H and O–H groups in total. The fourth-order valence-electron chi connectivity index (χ4n) is 1.50. The average Bonchev–Trinajstić information content (AvgIpc) is 2.36. The van der Waals surface area contributed by atoms with Crippen molar-refractivity contribution in [3.8, 4) is 5.88 Å². The molecule has 1 heterocycles. The van der Waals surface area contributed by atoms with Crippen molar-refractivity contribution in [1.29, 1.82) is 0 Å². The maximum Gasteiger partial charge on any atom is 0.314 e. The fourth-order valence-corrected chi connectivity index (χ4v) is 1.50. The number of rotatable bonds is 6. The highest BCUT2D eigenvalue weighted by atomic mass is 16.5. The maximum atomic E-state index is 11.8. The summed E-state index contributed by atoms with van der Waals surface area (Å²) in [5.41, 5.74) is 0.818. The highest BCUT2D eigenvalue weighted by Gasteiger charge is 2.21. The molecule has 0 aliphatic carbocycles. The fraction of sp³-hybridized carbons (Fsp3) is 0.500. The molecule has 0 amide bonds. The van der Waals surface area contributed by atoms with Crippen molar-refractivity contribution < 1.29 is 14.3 Å². The van der Waals surface area contributed by atoms with E-state index < -0.39 is 0 Å². The third-order valence-electron chi connectivity index (χ3n) is 2.35. The monoisotopic (exact) mass is 238 g/mol. The second kappa shape index (κ2) is 6.85. The zero-order valence-electron chi connectivity index (χ0n) is 10.4. The van der Waals surface area contributed by atoms with Crippen LogP contribution in [0.25, 0.3) is 0 Å². The molecule has 0 saturated heterocycles. The molecule has 0 aliphatic rings. The molecular formula is C12H18N2O3. The van der Waals surface area contributed by atoms with E-state index >= 15 is 0 Å². The molecule has 1 aromatic rings. The Hall–Kier alpha value is -1.62. The van der Waals surface area contributed by atoms with Crippen LogP contribution in [0.2, 0.25) is 0 Å². The SMILES string of the molecule is CCOC(=O)[C@H](CNC)c1ccc(OC)nc1. The van der Waals surface area contributed by atoms with Gasteiger partial charge in [0.25, 0.3) is 0 Å². The van der Waals surface area contributed by atoms with Gasteiger partial charge in [0.1, 0.15) is 0 Å². The molecule has 0 spiro atoms. The van der Waals surface area contributed by atoms with Crippen LogP contribution in [-0.2, 0) is 9.53 Å². The lowest BCUT2D eigenvalue weighted by Gasteiger charge is -2.15. The van der Waals surface area contributed by atoms with Crippen LogP contribution in [0, 0.1) is 0 Å². The largest absolute Gasteiger partial charge is 0.481 e. The summed E-state index contributed by atoms with van der Waals surface area (Å²) in [5, 5.41) is 2.97. The lowest BCUT2D eigenvalue weighted by molar-refractivity contribution is -0.144. The van der Waals surface area contributed by atoms with Crippen LogP contribution in [0.1, 0.15) is 18.4 Å². The molecule has 1 aromatic heterocycles. The smallest absolute Gasteiger partial charge is 0.314 e. The minimum Gasteiger partial charge on any atom is -0.481 e. The van der Waals surface area contributed by atoms with E-state index in [1.807, 2.05) is 6.07 Å². The number of esters is 1. The predicted octanol–water partition coefficient (Wildman–Crippen LogP) is 0.956. The van der Waals surface area contributed by atoms with Gasteiger partial charge in [-0.2, -0.15) is 0 Å². The molecule has 1 atom stereocenters. The van der Waals surface area contributed by atoms with E-state index in [2.05, 4.69) is 10.3 Å². The van der Waals surface area contributed by atoms with E-state index in [1.54, 1.807) is 33.3 Å². The first-order valence-corrected chi connectivity index (χ1v) is 5.54. The Labute approximate surface area is 101 Å². The lowest BCUT2D eigenvalue weighted by atomic mass is 10.0. The molecule has 0 aliphatic heterocycles. The Morgan fingerprint density at radius 2 is 2.29 bits per heavy atom. The number of methoxy groups -OCH3 is 1. The average molecular weight is 238 g/mol. The number of hydrogen-bond donors (Lipinski definition) is 1. The number of nitrogens with one attached hydrogen (secondary N) is 1. The van der Waals surface area contributed by atoms with Crippen LogP contribution in [0.3, 0.4) is 0 Å². The van der Waals surface area contributed by atoms with Gasteiger partial charge in [-0.25, -0.2) is 4.98 Å². The summed E-state index contributed by atoms with van der Waals surface area (Å²) in [6.07, 6.45) is 1.64. The number of hydrogen-bond acceptors (Lipinski definition) is 5. The number of pyridine rings is 1. The van der Waals surface area contributed by atoms with E-state index in [4.69, 9.17) is 9.47 Å². The molecular weight excluding hydrogens is 220 g/mol. The second-order valence-corrected chi connectivity index (χ2v) is 3.50. The summed E-state index contributed by atoms with van der Waals surface area (Å²) in [6.45, 7) is 2.69. The maximum absolute atomic E-state index is 11.8. The first kappa shape index (κ1) is 13.4. The third kappa shape index (κ3) is 3.71. The minimum atomic E-state index is -0.335. The molecule has 5 nitrogen and oxygen atoms in total. The van der Waals surface area contributed by atoms with Crippen molar-refractivity contribution in [1.82, 2.24) is 10.3 Å². The quantitative estimate of drug-likeness (QED) is 0.748. The summed E-state index contributed by atoms with van der Waals surface area (Å²) in [7, 11) is 3.35. The first-order valence-electron chi connectivity index (χ1n) is 5.54. The van der Waals surface area contributed by atoms with Crippen LogP contribution in [0.4, 0.5) is 0 Å². The van der Waals surface area contributed by atoms with E-state index in [0.717, 1.165) is 5.56 Å². The van der Waals surface area contributed by atoms with Crippen molar-refractivity contribution in [2.75, 3.05) is 27.3 Å². The zero-order valence-corrected chi connectivity index (χ0v) is 10.4. The second-order valence-electron chi connectivity index (χ2n) is 3.50. The number of ether oxygens (including phenoxy) is 2. The van der Waals surface area contributed by atoms with Gasteiger partial charge in [0.2, 0.25) is 5.88 Å². The topological polar surface area (TPSA) is 60.5 Å². The summed E-state index contributed by atoms with van der Waals surface area (Å²) < 4.78 is 10.0. The molecule has 17 heavy (non-hydrogen) atoms. The van der Waals surface area contributed by atoms with Gasteiger partial charge in [-0.15, -0.1) is 0 Å². The third-order valence-corrected chi connectivity index (χ3v) is 2.35. The Balaban J connectivity index is 2.84. The number of carbonyl (C=O) groups excluding carboxylic acids is 1. The highest BCUT2D eigenvalue weighted by Crippen LogP contribution is 2.18. The minimum absolute atomic E-state index is 0.242. The van der Waals surface area contributed by atoms with E-state index in [0.29, 0.717) is 19.0 Å². The molecule has 0 unspecified atom stereocenters. The molecule has 1 rings (SSSR count). The summed E-state index contributed by atoms with van der Waals surface area (Å²) in [6, 6.07) is 3.56. The van der Waals surface area contributed by atoms with E-state index in [1.165, 1.54) is 0 Å². The molecule has 5 heteroatoms. The van der Waals surface area contributed by atoms with Crippen molar-refractivity contribution in [3.63, 3.8) is 0 Å². The van der Waals surface area contributed by atoms with E-state index in [-0.39, 0.29) is 11.9 Å². The zero-order chi connectivity index (χ0) is 12.7. The van der Waals surface area contributed by atoms with Crippen molar-refractivity contribution >= 4 is 5.97 Å². The Morgan fingerprint density at radius 3 is 2.76 bits per heavy atom. The molecule has 0 fully saturated rings. The number of carbonyl (C=O) groups is 1. The van der Waals surface area contributed by atoms with Crippen molar-refractivity contribution in [3.05, 3.63) is 23.9 Å². The lowest BCUT2D eigenvalue weighted by Crippen LogP contribution is -2.26. The van der Waals surface area contributed by atoms with Gasteiger partial charge < -0.3 is 14.8 Å². The summed E-state index contributed by atoms with van der Waals surface area (Å²) in [4.78, 5) is 15.9. The standard InChI is InChI=1S/C12H18N2O3/c1-4-17-12(15)10(8-13-2)9-5-6-11(16-3)14-7-9/h5-7,10,13H,4,8H2,1-3H3/t10-/m1/s1. The molecule has 0 aromatic carbocycles. The van der Waals surface area contributed by atoms with Gasteiger partial charge >= 0.3 is 5.97 Å². The van der Waals surface area contributed by atoms with Gasteiger partial charge in [0.15, 0.2) is 0 Å². The van der Waals surface area contributed by atoms with Crippen LogP contribution >= 0.6 is 0 Å². The first-order chi connectivity index (χ1) is 8.22. The Kier molecular flexibility index (Phi) is 5.42. The van der Waals surface area contributed by atoms with Gasteiger partial charge in [-0.1, -0.05) is 6.07 Å². The number of likely N-dealkylation sites (N-methyl/N-ethyl adjacent to an activating group) is 1. The van der Waals surface area contributed by atoms with Crippen LogP contribution in [0.5, 0.6) is 5.88 Å².